The number of benzene rings is 2. The molecule has 0 spiro atoms. The molecule has 0 amide bonds. The summed E-state index contributed by atoms with van der Waals surface area (Å²) in [6.45, 7) is 0. The van der Waals surface area contributed by atoms with Gasteiger partial charge in [0.1, 0.15) is 11.6 Å². The molecule has 0 radical (unpaired) electrons. The Kier molecular flexibility index (Phi) is 3.94. The van der Waals surface area contributed by atoms with Crippen molar-refractivity contribution in [1.82, 2.24) is 0 Å². The largest absolute Gasteiger partial charge is 0.324 e. The molecule has 2 aromatic rings. The van der Waals surface area contributed by atoms with Crippen LogP contribution in [0.2, 0.25) is 5.02 Å². The molecule has 0 fully saturated rings. The molecule has 4 heteroatoms. The van der Waals surface area contributed by atoms with E-state index >= 15 is 0 Å². The van der Waals surface area contributed by atoms with Crippen LogP contribution in [0.25, 0.3) is 0 Å². The van der Waals surface area contributed by atoms with Crippen molar-refractivity contribution >= 4 is 11.6 Å². The van der Waals surface area contributed by atoms with Gasteiger partial charge in [-0.1, -0.05) is 35.9 Å². The molecule has 0 aliphatic heterocycles. The summed E-state index contributed by atoms with van der Waals surface area (Å²) in [7, 11) is 0. The fourth-order valence-electron chi connectivity index (χ4n) is 1.81. The minimum absolute atomic E-state index is 0.226. The van der Waals surface area contributed by atoms with Gasteiger partial charge in [-0.2, -0.15) is 0 Å². The van der Waals surface area contributed by atoms with E-state index in [-0.39, 0.29) is 12.2 Å². The molecule has 18 heavy (non-hydrogen) atoms. The molecule has 1 atom stereocenters. The summed E-state index contributed by atoms with van der Waals surface area (Å²) in [5.41, 5.74) is 6.70. The third-order valence-electron chi connectivity index (χ3n) is 2.76. The molecule has 0 aliphatic rings. The highest BCUT2D eigenvalue weighted by atomic mass is 35.5. The zero-order valence-electron chi connectivity index (χ0n) is 9.54. The molecule has 1 unspecified atom stereocenters. The van der Waals surface area contributed by atoms with Crippen LogP contribution in [-0.4, -0.2) is 0 Å². The Morgan fingerprint density at radius 3 is 2.44 bits per heavy atom. The van der Waals surface area contributed by atoms with Crippen molar-refractivity contribution in [3.05, 3.63) is 70.2 Å². The normalized spacial score (nSPS) is 12.4. The lowest BCUT2D eigenvalue weighted by Gasteiger charge is -2.13. The van der Waals surface area contributed by atoms with Crippen LogP contribution in [0, 0.1) is 11.6 Å². The van der Waals surface area contributed by atoms with E-state index in [4.69, 9.17) is 17.3 Å². The van der Waals surface area contributed by atoms with Gasteiger partial charge in [0.2, 0.25) is 0 Å². The van der Waals surface area contributed by atoms with Gasteiger partial charge >= 0.3 is 0 Å². The Hall–Kier alpha value is -1.45. The van der Waals surface area contributed by atoms with Crippen LogP contribution in [0.4, 0.5) is 8.78 Å². The first-order valence-corrected chi connectivity index (χ1v) is 5.89. The average Bonchev–Trinajstić information content (AvgIpc) is 2.33. The second-order valence-electron chi connectivity index (χ2n) is 4.07. The lowest BCUT2D eigenvalue weighted by Crippen LogP contribution is -2.15. The summed E-state index contributed by atoms with van der Waals surface area (Å²) in [4.78, 5) is 0. The van der Waals surface area contributed by atoms with E-state index in [0.717, 1.165) is 0 Å². The van der Waals surface area contributed by atoms with Crippen LogP contribution in [0.5, 0.6) is 0 Å². The Morgan fingerprint density at radius 2 is 1.78 bits per heavy atom. The molecular formula is C14H12ClF2N. The van der Waals surface area contributed by atoms with Crippen molar-refractivity contribution in [3.63, 3.8) is 0 Å². The van der Waals surface area contributed by atoms with Crippen molar-refractivity contribution in [1.29, 1.82) is 0 Å². The molecule has 2 N–H and O–H groups in total. The van der Waals surface area contributed by atoms with E-state index in [2.05, 4.69) is 0 Å². The van der Waals surface area contributed by atoms with Crippen LogP contribution in [0.3, 0.4) is 0 Å². The number of hydrogen-bond acceptors (Lipinski definition) is 1. The summed E-state index contributed by atoms with van der Waals surface area (Å²) in [6.07, 6.45) is 0.226. The van der Waals surface area contributed by atoms with Crippen molar-refractivity contribution < 1.29 is 8.78 Å². The van der Waals surface area contributed by atoms with Crippen molar-refractivity contribution in [2.24, 2.45) is 5.73 Å². The minimum atomic E-state index is -0.582. The highest BCUT2D eigenvalue weighted by molar-refractivity contribution is 6.30. The van der Waals surface area contributed by atoms with Gasteiger partial charge in [0.05, 0.1) is 0 Å². The standard InChI is InChI=1S/C14H12ClF2N/c15-10-6-5-9(13(17)8-10)7-14(18)11-3-1-2-4-12(11)16/h1-6,8,14H,7,18H2. The molecule has 2 aromatic carbocycles. The maximum atomic E-state index is 13.6. The van der Waals surface area contributed by atoms with Crippen molar-refractivity contribution in [2.45, 2.75) is 12.5 Å². The Bertz CT molecular complexity index is 557. The van der Waals surface area contributed by atoms with Gasteiger partial charge in [0.25, 0.3) is 0 Å². The number of halogens is 3. The number of hydrogen-bond donors (Lipinski definition) is 1. The molecule has 0 saturated carbocycles. The molecule has 0 bridgehead atoms. The van der Waals surface area contributed by atoms with Gasteiger partial charge in [0.15, 0.2) is 0 Å². The van der Waals surface area contributed by atoms with Crippen LogP contribution in [0.1, 0.15) is 17.2 Å². The summed E-state index contributed by atoms with van der Waals surface area (Å²) >= 11 is 5.66. The molecule has 0 aliphatic carbocycles. The zero-order valence-corrected chi connectivity index (χ0v) is 10.3. The third kappa shape index (κ3) is 2.86. The molecule has 0 heterocycles. The summed E-state index contributed by atoms with van der Waals surface area (Å²) in [5, 5.41) is 0.329. The topological polar surface area (TPSA) is 26.0 Å². The predicted octanol–water partition coefficient (Wildman–Crippen LogP) is 3.86. The average molecular weight is 268 g/mol. The first kappa shape index (κ1) is 13.0. The van der Waals surface area contributed by atoms with Gasteiger partial charge in [-0.3, -0.25) is 0 Å². The van der Waals surface area contributed by atoms with Crippen LogP contribution in [0.15, 0.2) is 42.5 Å². The fourth-order valence-corrected chi connectivity index (χ4v) is 1.97. The summed E-state index contributed by atoms with van der Waals surface area (Å²) < 4.78 is 27.1. The van der Waals surface area contributed by atoms with Crippen LogP contribution >= 0.6 is 11.6 Å². The molecule has 0 aromatic heterocycles. The molecule has 2 rings (SSSR count). The molecule has 94 valence electrons. The third-order valence-corrected chi connectivity index (χ3v) is 2.99. The second kappa shape index (κ2) is 5.46. The summed E-state index contributed by atoms with van der Waals surface area (Å²) in [5.74, 6) is -0.798. The van der Waals surface area contributed by atoms with E-state index in [1.807, 2.05) is 0 Å². The Balaban J connectivity index is 2.21. The van der Waals surface area contributed by atoms with Crippen molar-refractivity contribution in [2.75, 3.05) is 0 Å². The van der Waals surface area contributed by atoms with Gasteiger partial charge in [0, 0.05) is 16.6 Å². The highest BCUT2D eigenvalue weighted by Crippen LogP contribution is 2.22. The maximum Gasteiger partial charge on any atom is 0.127 e. The van der Waals surface area contributed by atoms with Crippen LogP contribution < -0.4 is 5.73 Å². The quantitative estimate of drug-likeness (QED) is 0.898. The number of nitrogens with two attached hydrogens (primary N) is 1. The first-order valence-electron chi connectivity index (χ1n) is 5.52. The highest BCUT2D eigenvalue weighted by Gasteiger charge is 2.13. The lowest BCUT2D eigenvalue weighted by molar-refractivity contribution is 0.563. The van der Waals surface area contributed by atoms with E-state index in [0.29, 0.717) is 16.1 Å². The van der Waals surface area contributed by atoms with Gasteiger partial charge in [-0.05, 0) is 30.2 Å². The zero-order chi connectivity index (χ0) is 13.1. The summed E-state index contributed by atoms with van der Waals surface area (Å²) in [6, 6.07) is 10.0. The maximum absolute atomic E-state index is 13.6. The fraction of sp³-hybridized carbons (Fsp3) is 0.143. The molecular weight excluding hydrogens is 256 g/mol. The van der Waals surface area contributed by atoms with E-state index in [1.54, 1.807) is 30.3 Å². The second-order valence-corrected chi connectivity index (χ2v) is 4.50. The lowest BCUT2D eigenvalue weighted by atomic mass is 9.99. The minimum Gasteiger partial charge on any atom is -0.324 e. The Labute approximate surface area is 109 Å². The molecule has 0 saturated heterocycles. The van der Waals surface area contributed by atoms with E-state index in [1.165, 1.54) is 12.1 Å². The SMILES string of the molecule is NC(Cc1ccc(Cl)cc1F)c1ccccc1F. The smallest absolute Gasteiger partial charge is 0.127 e. The van der Waals surface area contributed by atoms with E-state index in [9.17, 15) is 8.78 Å². The first-order chi connectivity index (χ1) is 8.58. The van der Waals surface area contributed by atoms with Crippen molar-refractivity contribution in [3.8, 4) is 0 Å². The van der Waals surface area contributed by atoms with Gasteiger partial charge in [-0.15, -0.1) is 0 Å². The Morgan fingerprint density at radius 1 is 1.06 bits per heavy atom. The van der Waals surface area contributed by atoms with E-state index < -0.39 is 11.9 Å². The number of rotatable bonds is 3. The monoisotopic (exact) mass is 267 g/mol. The van der Waals surface area contributed by atoms with Gasteiger partial charge in [-0.25, -0.2) is 8.78 Å². The molecule has 1 nitrogen and oxygen atoms in total. The van der Waals surface area contributed by atoms with Crippen LogP contribution in [-0.2, 0) is 6.42 Å². The predicted molar refractivity (Wildman–Crippen MR) is 68.4 cm³/mol. The van der Waals surface area contributed by atoms with Gasteiger partial charge < -0.3 is 5.73 Å².